The second-order valence-electron chi connectivity index (χ2n) is 2.99. The van der Waals surface area contributed by atoms with Crippen molar-refractivity contribution in [2.24, 2.45) is 5.73 Å². The molecule has 0 aliphatic carbocycles. The summed E-state index contributed by atoms with van der Waals surface area (Å²) in [6.07, 6.45) is 2.22. The van der Waals surface area contributed by atoms with Crippen molar-refractivity contribution < 1.29 is 0 Å². The molecule has 0 atom stereocenters. The van der Waals surface area contributed by atoms with Crippen LogP contribution < -0.4 is 5.73 Å². The normalized spacial score (nSPS) is 10.3. The molecule has 0 aliphatic heterocycles. The second-order valence-corrected chi connectivity index (χ2v) is 3.52. The lowest BCUT2D eigenvalue weighted by Crippen LogP contribution is -2.12. The van der Waals surface area contributed by atoms with Gasteiger partial charge in [-0.15, -0.1) is 0 Å². The fourth-order valence-corrected chi connectivity index (χ4v) is 1.41. The third kappa shape index (κ3) is 1.85. The summed E-state index contributed by atoms with van der Waals surface area (Å²) in [6.45, 7) is 0. The SMILES string of the molecule is NC(=S)Cc1cnc2ccccc2n1. The third-order valence-corrected chi connectivity index (χ3v) is 2.00. The van der Waals surface area contributed by atoms with E-state index in [1.807, 2.05) is 24.3 Å². The Labute approximate surface area is 87.0 Å². The minimum Gasteiger partial charge on any atom is -0.393 e. The Morgan fingerprint density at radius 1 is 1.29 bits per heavy atom. The number of rotatable bonds is 2. The van der Waals surface area contributed by atoms with Crippen molar-refractivity contribution in [1.29, 1.82) is 0 Å². The van der Waals surface area contributed by atoms with Crippen LogP contribution in [-0.2, 0) is 6.42 Å². The summed E-state index contributed by atoms with van der Waals surface area (Å²) in [7, 11) is 0. The predicted octanol–water partition coefficient (Wildman–Crippen LogP) is 1.46. The first-order chi connectivity index (χ1) is 6.75. The Morgan fingerprint density at radius 2 is 2.00 bits per heavy atom. The molecule has 2 N–H and O–H groups in total. The van der Waals surface area contributed by atoms with Gasteiger partial charge in [0.25, 0.3) is 0 Å². The molecule has 0 aliphatic rings. The van der Waals surface area contributed by atoms with E-state index < -0.39 is 0 Å². The molecule has 0 bridgehead atoms. The van der Waals surface area contributed by atoms with Crippen molar-refractivity contribution in [3.8, 4) is 0 Å². The van der Waals surface area contributed by atoms with Gasteiger partial charge in [0.15, 0.2) is 0 Å². The molecule has 0 saturated heterocycles. The molecular weight excluding hydrogens is 194 g/mol. The Morgan fingerprint density at radius 3 is 2.71 bits per heavy atom. The monoisotopic (exact) mass is 203 g/mol. The molecule has 70 valence electrons. The Bertz CT molecular complexity index is 482. The largest absolute Gasteiger partial charge is 0.393 e. The standard InChI is InChI=1S/C10H9N3S/c11-10(14)5-7-6-12-8-3-1-2-4-9(8)13-7/h1-4,6H,5H2,(H2,11,14). The molecule has 0 spiro atoms. The minimum atomic E-state index is 0.439. The van der Waals surface area contributed by atoms with Crippen LogP contribution in [0.3, 0.4) is 0 Å². The summed E-state index contributed by atoms with van der Waals surface area (Å²) in [5.41, 5.74) is 8.01. The summed E-state index contributed by atoms with van der Waals surface area (Å²) in [5.74, 6) is 0. The van der Waals surface area contributed by atoms with Crippen molar-refractivity contribution >= 4 is 28.2 Å². The molecule has 1 aromatic heterocycles. The van der Waals surface area contributed by atoms with Crippen molar-refractivity contribution in [2.75, 3.05) is 0 Å². The van der Waals surface area contributed by atoms with Gasteiger partial charge in [0.1, 0.15) is 0 Å². The molecule has 2 aromatic rings. The van der Waals surface area contributed by atoms with Gasteiger partial charge in [0.2, 0.25) is 0 Å². The van der Waals surface area contributed by atoms with Crippen LogP contribution in [0.25, 0.3) is 11.0 Å². The molecule has 3 nitrogen and oxygen atoms in total. The Kier molecular flexibility index (Phi) is 2.37. The van der Waals surface area contributed by atoms with E-state index in [-0.39, 0.29) is 0 Å². The van der Waals surface area contributed by atoms with Crippen molar-refractivity contribution in [2.45, 2.75) is 6.42 Å². The molecule has 14 heavy (non-hydrogen) atoms. The maximum Gasteiger partial charge on any atom is 0.0890 e. The lowest BCUT2D eigenvalue weighted by Gasteiger charge is -2.00. The number of nitrogens with two attached hydrogens (primary N) is 1. The van der Waals surface area contributed by atoms with Crippen LogP contribution >= 0.6 is 12.2 Å². The number of hydrogen-bond donors (Lipinski definition) is 1. The number of para-hydroxylation sites is 2. The zero-order chi connectivity index (χ0) is 9.97. The van der Waals surface area contributed by atoms with Gasteiger partial charge in [-0.1, -0.05) is 24.4 Å². The average molecular weight is 203 g/mol. The van der Waals surface area contributed by atoms with Crippen molar-refractivity contribution in [3.05, 3.63) is 36.2 Å². The van der Waals surface area contributed by atoms with E-state index in [0.717, 1.165) is 16.7 Å². The van der Waals surface area contributed by atoms with Crippen LogP contribution in [0.1, 0.15) is 5.69 Å². The topological polar surface area (TPSA) is 51.8 Å². The zero-order valence-electron chi connectivity index (χ0n) is 7.47. The van der Waals surface area contributed by atoms with Gasteiger partial charge in [-0.3, -0.25) is 4.98 Å². The summed E-state index contributed by atoms with van der Waals surface area (Å²) < 4.78 is 0. The van der Waals surface area contributed by atoms with E-state index in [2.05, 4.69) is 9.97 Å². The van der Waals surface area contributed by atoms with Gasteiger partial charge < -0.3 is 5.73 Å². The Hall–Kier alpha value is -1.55. The first-order valence-electron chi connectivity index (χ1n) is 4.24. The lowest BCUT2D eigenvalue weighted by molar-refractivity contribution is 1.13. The van der Waals surface area contributed by atoms with Crippen LogP contribution in [0.2, 0.25) is 0 Å². The van der Waals surface area contributed by atoms with Gasteiger partial charge in [-0.2, -0.15) is 0 Å². The molecule has 1 heterocycles. The minimum absolute atomic E-state index is 0.439. The van der Waals surface area contributed by atoms with Crippen LogP contribution in [-0.4, -0.2) is 15.0 Å². The molecule has 0 saturated carbocycles. The fourth-order valence-electron chi connectivity index (χ4n) is 1.26. The number of benzene rings is 1. The zero-order valence-corrected chi connectivity index (χ0v) is 8.29. The molecule has 2 rings (SSSR count). The summed E-state index contributed by atoms with van der Waals surface area (Å²) in [5, 5.41) is 0. The number of nitrogens with zero attached hydrogens (tertiary/aromatic N) is 2. The smallest absolute Gasteiger partial charge is 0.0890 e. The Balaban J connectivity index is 2.46. The van der Waals surface area contributed by atoms with Gasteiger partial charge in [0, 0.05) is 12.6 Å². The highest BCUT2D eigenvalue weighted by atomic mass is 32.1. The van der Waals surface area contributed by atoms with Gasteiger partial charge in [-0.25, -0.2) is 4.98 Å². The van der Waals surface area contributed by atoms with Crippen LogP contribution in [0.15, 0.2) is 30.5 Å². The van der Waals surface area contributed by atoms with Crippen LogP contribution in [0.5, 0.6) is 0 Å². The highest BCUT2D eigenvalue weighted by molar-refractivity contribution is 7.80. The number of fused-ring (bicyclic) bond motifs is 1. The number of thiocarbonyl (C=S) groups is 1. The van der Waals surface area contributed by atoms with Gasteiger partial charge >= 0.3 is 0 Å². The third-order valence-electron chi connectivity index (χ3n) is 1.85. The van der Waals surface area contributed by atoms with Gasteiger partial charge in [0.05, 0.1) is 21.7 Å². The van der Waals surface area contributed by atoms with Gasteiger partial charge in [-0.05, 0) is 12.1 Å². The van der Waals surface area contributed by atoms with E-state index in [9.17, 15) is 0 Å². The van der Waals surface area contributed by atoms with E-state index in [1.165, 1.54) is 0 Å². The summed E-state index contributed by atoms with van der Waals surface area (Å²) in [4.78, 5) is 9.08. The molecule has 0 amide bonds. The van der Waals surface area contributed by atoms with E-state index in [0.29, 0.717) is 11.4 Å². The molecule has 0 fully saturated rings. The van der Waals surface area contributed by atoms with E-state index in [4.69, 9.17) is 18.0 Å². The predicted molar refractivity (Wildman–Crippen MR) is 60.0 cm³/mol. The number of hydrogen-bond acceptors (Lipinski definition) is 3. The highest BCUT2D eigenvalue weighted by Gasteiger charge is 1.99. The lowest BCUT2D eigenvalue weighted by atomic mass is 10.2. The summed E-state index contributed by atoms with van der Waals surface area (Å²) >= 11 is 4.81. The van der Waals surface area contributed by atoms with Crippen molar-refractivity contribution in [1.82, 2.24) is 9.97 Å². The molecule has 0 unspecified atom stereocenters. The van der Waals surface area contributed by atoms with E-state index in [1.54, 1.807) is 6.20 Å². The molecular formula is C10H9N3S. The first-order valence-corrected chi connectivity index (χ1v) is 4.65. The average Bonchev–Trinajstić information content (AvgIpc) is 2.17. The molecule has 0 radical (unpaired) electrons. The van der Waals surface area contributed by atoms with E-state index >= 15 is 0 Å². The number of aromatic nitrogens is 2. The highest BCUT2D eigenvalue weighted by Crippen LogP contribution is 2.08. The maximum absolute atomic E-state index is 5.43. The second kappa shape index (κ2) is 3.67. The van der Waals surface area contributed by atoms with Crippen LogP contribution in [0, 0.1) is 0 Å². The fraction of sp³-hybridized carbons (Fsp3) is 0.100. The summed E-state index contributed by atoms with van der Waals surface area (Å²) in [6, 6.07) is 7.71. The molecule has 4 heteroatoms. The molecule has 1 aromatic carbocycles. The quantitative estimate of drug-likeness (QED) is 0.751. The van der Waals surface area contributed by atoms with Crippen molar-refractivity contribution in [3.63, 3.8) is 0 Å². The van der Waals surface area contributed by atoms with Crippen LogP contribution in [0.4, 0.5) is 0 Å². The maximum atomic E-state index is 5.43. The first kappa shape index (κ1) is 9.02.